The van der Waals surface area contributed by atoms with Gasteiger partial charge in [-0.05, 0) is 40.9 Å². The van der Waals surface area contributed by atoms with E-state index in [0.717, 1.165) is 12.8 Å². The number of carboxylic acid groups (broad SMARTS) is 1. The van der Waals surface area contributed by atoms with Crippen LogP contribution in [0, 0.1) is 17.7 Å². The molecular formula is C14H15BrClFO3. The fourth-order valence-electron chi connectivity index (χ4n) is 2.84. The molecule has 1 aliphatic carbocycles. The molecule has 0 heterocycles. The number of hydrogen-bond acceptors (Lipinski definition) is 2. The van der Waals surface area contributed by atoms with E-state index in [1.807, 2.05) is 0 Å². The highest BCUT2D eigenvalue weighted by molar-refractivity contribution is 9.10. The highest BCUT2D eigenvalue weighted by atomic mass is 79.9. The lowest BCUT2D eigenvalue weighted by Crippen LogP contribution is -2.31. The molecule has 0 radical (unpaired) electrons. The van der Waals surface area contributed by atoms with Gasteiger partial charge in [0.2, 0.25) is 0 Å². The molecule has 6 heteroatoms. The summed E-state index contributed by atoms with van der Waals surface area (Å²) in [5.41, 5.74) is 0.0661. The van der Waals surface area contributed by atoms with Crippen LogP contribution in [0.3, 0.4) is 0 Å². The number of aliphatic hydroxyl groups is 1. The molecule has 2 rings (SSSR count). The number of halogens is 3. The zero-order valence-electron chi connectivity index (χ0n) is 10.7. The van der Waals surface area contributed by atoms with E-state index in [-0.39, 0.29) is 5.56 Å². The van der Waals surface area contributed by atoms with Gasteiger partial charge < -0.3 is 10.2 Å². The van der Waals surface area contributed by atoms with E-state index in [9.17, 15) is 19.4 Å². The lowest BCUT2D eigenvalue weighted by Gasteiger charge is -2.32. The Morgan fingerprint density at radius 3 is 2.70 bits per heavy atom. The molecule has 1 fully saturated rings. The Kier molecular flexibility index (Phi) is 5.04. The van der Waals surface area contributed by atoms with E-state index in [4.69, 9.17) is 11.6 Å². The summed E-state index contributed by atoms with van der Waals surface area (Å²) in [5.74, 6) is -2.63. The maximum absolute atomic E-state index is 14.0. The van der Waals surface area contributed by atoms with Crippen LogP contribution in [-0.4, -0.2) is 16.2 Å². The summed E-state index contributed by atoms with van der Waals surface area (Å²) in [5, 5.41) is 19.9. The summed E-state index contributed by atoms with van der Waals surface area (Å²) in [4.78, 5) is 11.3. The average Bonchev–Trinajstić information content (AvgIpc) is 2.42. The summed E-state index contributed by atoms with van der Waals surface area (Å²) in [6.07, 6.45) is 1.61. The molecule has 1 aromatic rings. The molecule has 0 aliphatic heterocycles. The molecule has 3 unspecified atom stereocenters. The first-order chi connectivity index (χ1) is 9.41. The van der Waals surface area contributed by atoms with Gasteiger partial charge in [-0.1, -0.05) is 24.4 Å². The molecule has 1 aliphatic rings. The highest BCUT2D eigenvalue weighted by Gasteiger charge is 2.37. The zero-order chi connectivity index (χ0) is 14.9. The second-order valence-corrected chi connectivity index (χ2v) is 6.39. The summed E-state index contributed by atoms with van der Waals surface area (Å²) in [7, 11) is 0. The monoisotopic (exact) mass is 364 g/mol. The van der Waals surface area contributed by atoms with Gasteiger partial charge in [-0.15, -0.1) is 0 Å². The van der Waals surface area contributed by atoms with Crippen molar-refractivity contribution in [3.63, 3.8) is 0 Å². The molecule has 0 aromatic heterocycles. The average molecular weight is 366 g/mol. The second kappa shape index (κ2) is 6.41. The van der Waals surface area contributed by atoms with Crippen LogP contribution >= 0.6 is 27.5 Å². The van der Waals surface area contributed by atoms with Crippen molar-refractivity contribution in [3.8, 4) is 0 Å². The lowest BCUT2D eigenvalue weighted by atomic mass is 9.74. The Morgan fingerprint density at radius 1 is 1.40 bits per heavy atom. The maximum Gasteiger partial charge on any atom is 0.306 e. The third-order valence-electron chi connectivity index (χ3n) is 3.90. The minimum atomic E-state index is -1.15. The highest BCUT2D eigenvalue weighted by Crippen LogP contribution is 2.41. The molecule has 0 saturated heterocycles. The van der Waals surface area contributed by atoms with Gasteiger partial charge in [0, 0.05) is 16.0 Å². The quantitative estimate of drug-likeness (QED) is 0.791. The minimum absolute atomic E-state index is 0.0661. The normalized spacial score (nSPS) is 24.4. The smallest absolute Gasteiger partial charge is 0.306 e. The molecule has 0 spiro atoms. The zero-order valence-corrected chi connectivity index (χ0v) is 13.0. The molecule has 3 nitrogen and oxygen atoms in total. The SMILES string of the molecule is O=C(O)C1CCCCC1C(O)c1cc(Cl)c(Br)cc1F. The van der Waals surface area contributed by atoms with Crippen molar-refractivity contribution in [2.24, 2.45) is 11.8 Å². The first-order valence-corrected chi connectivity index (χ1v) is 7.64. The standard InChI is InChI=1S/C14H15BrClFO3/c15-10-6-12(17)9(5-11(10)16)13(18)7-3-1-2-4-8(7)14(19)20/h5-8,13,18H,1-4H2,(H,19,20). The van der Waals surface area contributed by atoms with Crippen molar-refractivity contribution in [1.82, 2.24) is 0 Å². The third kappa shape index (κ3) is 3.15. The van der Waals surface area contributed by atoms with Gasteiger partial charge in [0.05, 0.1) is 17.0 Å². The number of aliphatic carboxylic acids is 1. The van der Waals surface area contributed by atoms with E-state index in [1.165, 1.54) is 12.1 Å². The molecule has 3 atom stereocenters. The molecular weight excluding hydrogens is 351 g/mol. The van der Waals surface area contributed by atoms with Crippen LogP contribution in [0.2, 0.25) is 5.02 Å². The Balaban J connectivity index is 2.32. The van der Waals surface area contributed by atoms with E-state index in [0.29, 0.717) is 22.3 Å². The van der Waals surface area contributed by atoms with Crippen LogP contribution in [-0.2, 0) is 4.79 Å². The van der Waals surface area contributed by atoms with Crippen LogP contribution in [0.4, 0.5) is 4.39 Å². The van der Waals surface area contributed by atoms with Crippen molar-refractivity contribution in [2.45, 2.75) is 31.8 Å². The first kappa shape index (κ1) is 15.7. The number of benzene rings is 1. The van der Waals surface area contributed by atoms with Crippen molar-refractivity contribution >= 4 is 33.5 Å². The lowest BCUT2D eigenvalue weighted by molar-refractivity contribution is -0.147. The van der Waals surface area contributed by atoms with Crippen LogP contribution in [0.25, 0.3) is 0 Å². The van der Waals surface area contributed by atoms with E-state index in [2.05, 4.69) is 15.9 Å². The first-order valence-electron chi connectivity index (χ1n) is 6.47. The van der Waals surface area contributed by atoms with Crippen LogP contribution < -0.4 is 0 Å². The molecule has 0 bridgehead atoms. The molecule has 2 N–H and O–H groups in total. The summed E-state index contributed by atoms with van der Waals surface area (Å²) in [6.45, 7) is 0. The van der Waals surface area contributed by atoms with Crippen molar-refractivity contribution in [1.29, 1.82) is 0 Å². The Bertz CT molecular complexity index is 523. The van der Waals surface area contributed by atoms with Gasteiger partial charge in [-0.2, -0.15) is 0 Å². The van der Waals surface area contributed by atoms with Crippen molar-refractivity contribution < 1.29 is 19.4 Å². The molecule has 1 aromatic carbocycles. The third-order valence-corrected chi connectivity index (χ3v) is 5.10. The Labute approximate surface area is 129 Å². The molecule has 110 valence electrons. The van der Waals surface area contributed by atoms with Crippen LogP contribution in [0.1, 0.15) is 37.4 Å². The molecule has 1 saturated carbocycles. The molecule has 20 heavy (non-hydrogen) atoms. The molecule has 0 amide bonds. The Hall–Kier alpha value is -0.650. The van der Waals surface area contributed by atoms with E-state index >= 15 is 0 Å². The van der Waals surface area contributed by atoms with Gasteiger partial charge >= 0.3 is 5.97 Å². The topological polar surface area (TPSA) is 57.5 Å². The fraction of sp³-hybridized carbons (Fsp3) is 0.500. The Morgan fingerprint density at radius 2 is 2.05 bits per heavy atom. The predicted octanol–water partition coefficient (Wildman–Crippen LogP) is 4.17. The fourth-order valence-corrected chi connectivity index (χ4v) is 3.33. The van der Waals surface area contributed by atoms with Gasteiger partial charge in [0.25, 0.3) is 0 Å². The van der Waals surface area contributed by atoms with Crippen LogP contribution in [0.5, 0.6) is 0 Å². The summed E-state index contributed by atoms with van der Waals surface area (Å²) in [6, 6.07) is 2.55. The summed E-state index contributed by atoms with van der Waals surface area (Å²) < 4.78 is 14.4. The second-order valence-electron chi connectivity index (χ2n) is 5.13. The number of aliphatic hydroxyl groups excluding tert-OH is 1. The summed E-state index contributed by atoms with van der Waals surface area (Å²) >= 11 is 9.04. The number of rotatable bonds is 3. The van der Waals surface area contributed by atoms with Crippen molar-refractivity contribution in [3.05, 3.63) is 33.0 Å². The minimum Gasteiger partial charge on any atom is -0.481 e. The largest absolute Gasteiger partial charge is 0.481 e. The van der Waals surface area contributed by atoms with Gasteiger partial charge in [-0.25, -0.2) is 4.39 Å². The predicted molar refractivity (Wildman–Crippen MR) is 77.2 cm³/mol. The van der Waals surface area contributed by atoms with E-state index in [1.54, 1.807) is 0 Å². The van der Waals surface area contributed by atoms with E-state index < -0.39 is 29.7 Å². The van der Waals surface area contributed by atoms with Gasteiger partial charge in [-0.3, -0.25) is 4.79 Å². The van der Waals surface area contributed by atoms with Gasteiger partial charge in [0.1, 0.15) is 5.82 Å². The number of carboxylic acids is 1. The van der Waals surface area contributed by atoms with Crippen LogP contribution in [0.15, 0.2) is 16.6 Å². The number of carbonyl (C=O) groups is 1. The van der Waals surface area contributed by atoms with Crippen molar-refractivity contribution in [2.75, 3.05) is 0 Å². The maximum atomic E-state index is 14.0. The number of hydrogen-bond donors (Lipinski definition) is 2. The van der Waals surface area contributed by atoms with Gasteiger partial charge in [0.15, 0.2) is 0 Å².